The second kappa shape index (κ2) is 5.01. The summed E-state index contributed by atoms with van der Waals surface area (Å²) in [5, 5.41) is 9.89. The molecular formula is C14H16N4S. The van der Waals surface area contributed by atoms with Crippen molar-refractivity contribution in [2.24, 2.45) is 5.92 Å². The minimum absolute atomic E-state index is 0.272. The zero-order valence-electron chi connectivity index (χ0n) is 10.9. The van der Waals surface area contributed by atoms with E-state index in [1.165, 1.54) is 4.88 Å². The van der Waals surface area contributed by atoms with Crippen molar-refractivity contribution in [3.63, 3.8) is 0 Å². The van der Waals surface area contributed by atoms with Crippen LogP contribution in [-0.4, -0.2) is 14.6 Å². The van der Waals surface area contributed by atoms with Crippen molar-refractivity contribution >= 4 is 22.7 Å². The molecule has 1 unspecified atom stereocenters. The van der Waals surface area contributed by atoms with E-state index < -0.39 is 0 Å². The summed E-state index contributed by atoms with van der Waals surface area (Å²) in [6, 6.07) is 6.50. The first-order valence-electron chi connectivity index (χ1n) is 6.34. The molecular weight excluding hydrogens is 256 g/mol. The average molecular weight is 272 g/mol. The molecule has 0 radical (unpaired) electrons. The Balaban J connectivity index is 1.96. The molecule has 0 saturated carbocycles. The first-order valence-corrected chi connectivity index (χ1v) is 7.22. The Morgan fingerprint density at radius 1 is 1.26 bits per heavy atom. The Bertz CT molecular complexity index is 657. The summed E-state index contributed by atoms with van der Waals surface area (Å²) in [4.78, 5) is 5.78. The fraction of sp³-hybridized carbons (Fsp3) is 0.286. The highest BCUT2D eigenvalue weighted by Gasteiger charge is 2.18. The number of hydrogen-bond donors (Lipinski definition) is 1. The molecule has 3 heterocycles. The zero-order valence-corrected chi connectivity index (χ0v) is 11.8. The molecule has 19 heavy (non-hydrogen) atoms. The lowest BCUT2D eigenvalue weighted by Gasteiger charge is -2.22. The topological polar surface area (TPSA) is 42.2 Å². The SMILES string of the molecule is CC(C)C(Nc1nccn2nccc12)c1cccs1. The summed E-state index contributed by atoms with van der Waals surface area (Å²) >= 11 is 1.77. The van der Waals surface area contributed by atoms with E-state index in [1.54, 1.807) is 23.7 Å². The minimum Gasteiger partial charge on any atom is -0.360 e. The molecule has 0 bridgehead atoms. The number of nitrogens with one attached hydrogen (secondary N) is 1. The molecule has 3 aromatic rings. The van der Waals surface area contributed by atoms with Crippen molar-refractivity contribution in [3.8, 4) is 0 Å². The summed E-state index contributed by atoms with van der Waals surface area (Å²) in [7, 11) is 0. The summed E-state index contributed by atoms with van der Waals surface area (Å²) in [6.45, 7) is 4.43. The molecule has 5 heteroatoms. The van der Waals surface area contributed by atoms with Gasteiger partial charge >= 0.3 is 0 Å². The van der Waals surface area contributed by atoms with Crippen LogP contribution in [0.2, 0.25) is 0 Å². The van der Waals surface area contributed by atoms with E-state index in [1.807, 2.05) is 16.8 Å². The number of fused-ring (bicyclic) bond motifs is 1. The second-order valence-corrected chi connectivity index (χ2v) is 5.80. The van der Waals surface area contributed by atoms with Gasteiger partial charge in [0, 0.05) is 17.3 Å². The molecule has 0 fully saturated rings. The van der Waals surface area contributed by atoms with Crippen molar-refractivity contribution in [1.82, 2.24) is 14.6 Å². The Labute approximate surface area is 116 Å². The molecule has 4 nitrogen and oxygen atoms in total. The molecule has 1 atom stereocenters. The van der Waals surface area contributed by atoms with Gasteiger partial charge in [0.15, 0.2) is 5.82 Å². The van der Waals surface area contributed by atoms with E-state index in [-0.39, 0.29) is 6.04 Å². The van der Waals surface area contributed by atoms with Gasteiger partial charge in [-0.2, -0.15) is 5.10 Å². The second-order valence-electron chi connectivity index (χ2n) is 4.82. The standard InChI is InChI=1S/C14H16N4S/c1-10(2)13(12-4-3-9-19-12)17-14-11-5-6-16-18(11)8-7-15-14/h3-10,13H,1-2H3,(H,15,17). The molecule has 0 aliphatic rings. The van der Waals surface area contributed by atoms with E-state index in [4.69, 9.17) is 0 Å². The van der Waals surface area contributed by atoms with E-state index in [0.717, 1.165) is 11.3 Å². The Morgan fingerprint density at radius 2 is 2.16 bits per heavy atom. The molecule has 0 amide bonds. The predicted molar refractivity (Wildman–Crippen MR) is 78.5 cm³/mol. The van der Waals surface area contributed by atoms with Gasteiger partial charge in [0.1, 0.15) is 5.52 Å². The van der Waals surface area contributed by atoms with Gasteiger partial charge in [0.25, 0.3) is 0 Å². The summed E-state index contributed by atoms with van der Waals surface area (Å²) in [6.07, 6.45) is 5.42. The number of anilines is 1. The van der Waals surface area contributed by atoms with Crippen LogP contribution >= 0.6 is 11.3 Å². The maximum Gasteiger partial charge on any atom is 0.152 e. The van der Waals surface area contributed by atoms with Crippen molar-refractivity contribution in [3.05, 3.63) is 47.0 Å². The maximum atomic E-state index is 4.44. The van der Waals surface area contributed by atoms with Gasteiger partial charge in [-0.25, -0.2) is 9.50 Å². The fourth-order valence-electron chi connectivity index (χ4n) is 2.15. The molecule has 0 aliphatic carbocycles. The minimum atomic E-state index is 0.272. The third-order valence-corrected chi connectivity index (χ3v) is 4.09. The Kier molecular flexibility index (Phi) is 3.21. The van der Waals surface area contributed by atoms with Gasteiger partial charge in [0.05, 0.1) is 12.2 Å². The number of aromatic nitrogens is 3. The van der Waals surface area contributed by atoms with Gasteiger partial charge in [-0.3, -0.25) is 0 Å². The third kappa shape index (κ3) is 2.33. The largest absolute Gasteiger partial charge is 0.360 e. The predicted octanol–water partition coefficient (Wildman–Crippen LogP) is 3.60. The maximum absolute atomic E-state index is 4.44. The van der Waals surface area contributed by atoms with Crippen LogP contribution in [0, 0.1) is 5.92 Å². The van der Waals surface area contributed by atoms with Gasteiger partial charge in [-0.15, -0.1) is 11.3 Å². The average Bonchev–Trinajstić information content (AvgIpc) is 3.06. The van der Waals surface area contributed by atoms with Crippen LogP contribution in [0.3, 0.4) is 0 Å². The number of rotatable bonds is 4. The molecule has 0 aliphatic heterocycles. The number of nitrogens with zero attached hydrogens (tertiary/aromatic N) is 3. The van der Waals surface area contributed by atoms with E-state index in [9.17, 15) is 0 Å². The molecule has 0 aromatic carbocycles. The molecule has 1 N–H and O–H groups in total. The zero-order chi connectivity index (χ0) is 13.2. The van der Waals surface area contributed by atoms with Crippen molar-refractivity contribution in [2.45, 2.75) is 19.9 Å². The smallest absolute Gasteiger partial charge is 0.152 e. The lowest BCUT2D eigenvalue weighted by Crippen LogP contribution is -2.17. The van der Waals surface area contributed by atoms with Gasteiger partial charge in [-0.1, -0.05) is 19.9 Å². The number of thiophene rings is 1. The van der Waals surface area contributed by atoms with Gasteiger partial charge < -0.3 is 5.32 Å². The van der Waals surface area contributed by atoms with Crippen molar-refractivity contribution in [1.29, 1.82) is 0 Å². The van der Waals surface area contributed by atoms with Crippen LogP contribution < -0.4 is 5.32 Å². The lowest BCUT2D eigenvalue weighted by molar-refractivity contribution is 0.552. The number of hydrogen-bond acceptors (Lipinski definition) is 4. The summed E-state index contributed by atoms with van der Waals surface area (Å²) in [5.74, 6) is 1.37. The highest BCUT2D eigenvalue weighted by atomic mass is 32.1. The molecule has 3 aromatic heterocycles. The van der Waals surface area contributed by atoms with Crippen LogP contribution in [0.4, 0.5) is 5.82 Å². The quantitative estimate of drug-likeness (QED) is 0.789. The van der Waals surface area contributed by atoms with E-state index >= 15 is 0 Å². The molecule has 0 saturated heterocycles. The van der Waals surface area contributed by atoms with Crippen LogP contribution in [-0.2, 0) is 0 Å². The lowest BCUT2D eigenvalue weighted by atomic mass is 10.0. The van der Waals surface area contributed by atoms with Crippen molar-refractivity contribution < 1.29 is 0 Å². The molecule has 98 valence electrons. The Morgan fingerprint density at radius 3 is 2.89 bits per heavy atom. The van der Waals surface area contributed by atoms with Gasteiger partial charge in [-0.05, 0) is 23.4 Å². The first kappa shape index (κ1) is 12.2. The summed E-state index contributed by atoms with van der Waals surface area (Å²) < 4.78 is 1.83. The van der Waals surface area contributed by atoms with Crippen LogP contribution in [0.5, 0.6) is 0 Å². The van der Waals surface area contributed by atoms with E-state index in [0.29, 0.717) is 5.92 Å². The Hall–Kier alpha value is -1.88. The van der Waals surface area contributed by atoms with Crippen molar-refractivity contribution in [2.75, 3.05) is 5.32 Å². The van der Waals surface area contributed by atoms with Crippen LogP contribution in [0.25, 0.3) is 5.52 Å². The molecule has 3 rings (SSSR count). The van der Waals surface area contributed by atoms with Crippen LogP contribution in [0.15, 0.2) is 42.2 Å². The highest BCUT2D eigenvalue weighted by molar-refractivity contribution is 7.10. The van der Waals surface area contributed by atoms with Gasteiger partial charge in [0.2, 0.25) is 0 Å². The third-order valence-electron chi connectivity index (χ3n) is 3.13. The first-order chi connectivity index (χ1) is 9.25. The summed E-state index contributed by atoms with van der Waals surface area (Å²) in [5.41, 5.74) is 1.00. The monoisotopic (exact) mass is 272 g/mol. The normalized spacial score (nSPS) is 13.0. The molecule has 0 spiro atoms. The van der Waals surface area contributed by atoms with Crippen LogP contribution in [0.1, 0.15) is 24.8 Å². The highest BCUT2D eigenvalue weighted by Crippen LogP contribution is 2.30. The fourth-order valence-corrected chi connectivity index (χ4v) is 3.10. The van der Waals surface area contributed by atoms with E-state index in [2.05, 4.69) is 46.8 Å².